The summed E-state index contributed by atoms with van der Waals surface area (Å²) in [4.78, 5) is 2.56. The zero-order chi connectivity index (χ0) is 15.6. The van der Waals surface area contributed by atoms with E-state index in [2.05, 4.69) is 38.3 Å². The molecule has 1 spiro atoms. The second-order valence-corrected chi connectivity index (χ2v) is 7.28. The lowest BCUT2D eigenvalue weighted by Crippen LogP contribution is -2.28. The van der Waals surface area contributed by atoms with Gasteiger partial charge in [-0.05, 0) is 71.9 Å². The van der Waals surface area contributed by atoms with Gasteiger partial charge >= 0.3 is 0 Å². The first-order valence-electron chi connectivity index (χ1n) is 8.08. The second-order valence-electron chi connectivity index (χ2n) is 6.43. The Balaban J connectivity index is 1.71. The Morgan fingerprint density at radius 3 is 2.91 bits per heavy atom. The van der Waals surface area contributed by atoms with E-state index in [0.717, 1.165) is 22.5 Å². The molecule has 2 aliphatic rings. The number of benzene rings is 1. The molecule has 4 nitrogen and oxygen atoms in total. The van der Waals surface area contributed by atoms with Gasteiger partial charge in [-0.1, -0.05) is 0 Å². The summed E-state index contributed by atoms with van der Waals surface area (Å²) in [6, 6.07) is 4.26. The Morgan fingerprint density at radius 1 is 1.36 bits per heavy atom. The van der Waals surface area contributed by atoms with Crippen molar-refractivity contribution in [2.24, 2.45) is 5.41 Å². The highest BCUT2D eigenvalue weighted by Gasteiger charge is 2.40. The number of hydrogen-bond donors (Lipinski definition) is 1. The predicted octanol–water partition coefficient (Wildman–Crippen LogP) is 3.04. The lowest BCUT2D eigenvalue weighted by atomic mass is 9.86. The van der Waals surface area contributed by atoms with Crippen LogP contribution >= 0.6 is 15.9 Å². The fourth-order valence-electron chi connectivity index (χ4n) is 3.71. The van der Waals surface area contributed by atoms with Crippen molar-refractivity contribution in [2.75, 3.05) is 39.9 Å². The van der Waals surface area contributed by atoms with Gasteiger partial charge in [0.15, 0.2) is 11.5 Å². The summed E-state index contributed by atoms with van der Waals surface area (Å²) in [5.74, 6) is 1.61. The van der Waals surface area contributed by atoms with Crippen LogP contribution in [0.4, 0.5) is 0 Å². The zero-order valence-corrected chi connectivity index (χ0v) is 15.0. The van der Waals surface area contributed by atoms with Gasteiger partial charge in [0.1, 0.15) is 0 Å². The smallest absolute Gasteiger partial charge is 0.175 e. The van der Waals surface area contributed by atoms with Crippen molar-refractivity contribution in [1.29, 1.82) is 0 Å². The topological polar surface area (TPSA) is 33.7 Å². The molecule has 3 rings (SSSR count). The first kappa shape index (κ1) is 16.1. The third-order valence-electron chi connectivity index (χ3n) is 4.83. The van der Waals surface area contributed by atoms with Crippen LogP contribution in [0, 0.1) is 5.41 Å². The molecule has 5 heteroatoms. The Bertz CT molecular complexity index is 530. The third kappa shape index (κ3) is 3.26. The van der Waals surface area contributed by atoms with Crippen molar-refractivity contribution < 1.29 is 9.47 Å². The molecule has 2 fully saturated rings. The summed E-state index contributed by atoms with van der Waals surface area (Å²) >= 11 is 3.62. The Kier molecular flexibility index (Phi) is 4.95. The van der Waals surface area contributed by atoms with E-state index in [9.17, 15) is 0 Å². The minimum Gasteiger partial charge on any atom is -0.493 e. The van der Waals surface area contributed by atoms with Crippen LogP contribution in [0.3, 0.4) is 0 Å². The minimum absolute atomic E-state index is 0.520. The number of nitrogens with one attached hydrogen (secondary N) is 1. The highest BCUT2D eigenvalue weighted by Crippen LogP contribution is 2.39. The quantitative estimate of drug-likeness (QED) is 0.865. The predicted molar refractivity (Wildman–Crippen MR) is 91.7 cm³/mol. The van der Waals surface area contributed by atoms with Crippen molar-refractivity contribution in [3.05, 3.63) is 22.2 Å². The number of rotatable bonds is 5. The van der Waals surface area contributed by atoms with Crippen LogP contribution < -0.4 is 14.8 Å². The van der Waals surface area contributed by atoms with Crippen molar-refractivity contribution >= 4 is 15.9 Å². The largest absolute Gasteiger partial charge is 0.493 e. The number of ether oxygens (including phenoxy) is 2. The molecule has 1 atom stereocenters. The van der Waals surface area contributed by atoms with Gasteiger partial charge in [0.25, 0.3) is 0 Å². The van der Waals surface area contributed by atoms with E-state index in [4.69, 9.17) is 9.47 Å². The number of likely N-dealkylation sites (tertiary alicyclic amines) is 1. The van der Waals surface area contributed by atoms with Crippen LogP contribution in [-0.2, 0) is 6.54 Å². The average molecular weight is 369 g/mol. The standard InChI is InChI=1S/C17H25BrN2O2/c1-3-22-16-14(18)8-13(9-15(16)21-2)10-20-7-5-17(12-20)4-6-19-11-17/h8-9,19H,3-7,10-12H2,1-2H3. The van der Waals surface area contributed by atoms with Gasteiger partial charge in [0, 0.05) is 19.6 Å². The lowest BCUT2D eigenvalue weighted by molar-refractivity contribution is 0.267. The molecule has 1 unspecified atom stereocenters. The maximum Gasteiger partial charge on any atom is 0.175 e. The van der Waals surface area contributed by atoms with E-state index in [1.807, 2.05) is 6.92 Å². The van der Waals surface area contributed by atoms with Gasteiger partial charge in [-0.2, -0.15) is 0 Å². The van der Waals surface area contributed by atoms with Crippen molar-refractivity contribution in [3.8, 4) is 11.5 Å². The molecule has 0 aromatic heterocycles. The number of methoxy groups -OCH3 is 1. The maximum atomic E-state index is 5.67. The summed E-state index contributed by atoms with van der Waals surface area (Å²) in [6.45, 7) is 8.34. The highest BCUT2D eigenvalue weighted by molar-refractivity contribution is 9.10. The summed E-state index contributed by atoms with van der Waals surface area (Å²) in [5, 5.41) is 3.52. The van der Waals surface area contributed by atoms with Crippen LogP contribution in [0.5, 0.6) is 11.5 Å². The lowest BCUT2D eigenvalue weighted by Gasteiger charge is -2.23. The molecule has 0 amide bonds. The fraction of sp³-hybridized carbons (Fsp3) is 0.647. The molecule has 0 radical (unpaired) electrons. The normalized spacial score (nSPS) is 25.0. The molecule has 1 aromatic rings. The van der Waals surface area contributed by atoms with Gasteiger partial charge in [-0.3, -0.25) is 4.90 Å². The van der Waals surface area contributed by atoms with Crippen LogP contribution in [0.2, 0.25) is 0 Å². The van der Waals surface area contributed by atoms with Crippen LogP contribution in [0.1, 0.15) is 25.3 Å². The second kappa shape index (κ2) is 6.77. The summed E-state index contributed by atoms with van der Waals surface area (Å²) in [6.07, 6.45) is 2.63. The SMILES string of the molecule is CCOc1c(Br)cc(CN2CCC3(CCNC3)C2)cc1OC. The molecule has 2 heterocycles. The summed E-state index contributed by atoms with van der Waals surface area (Å²) < 4.78 is 12.1. The van der Waals surface area contributed by atoms with E-state index in [1.54, 1.807) is 7.11 Å². The van der Waals surface area contributed by atoms with Crippen molar-refractivity contribution in [1.82, 2.24) is 10.2 Å². The highest BCUT2D eigenvalue weighted by atomic mass is 79.9. The summed E-state index contributed by atoms with van der Waals surface area (Å²) in [7, 11) is 1.70. The molecule has 1 N–H and O–H groups in total. The van der Waals surface area contributed by atoms with Gasteiger partial charge in [-0.15, -0.1) is 0 Å². The molecule has 2 aliphatic heterocycles. The molecule has 0 aliphatic carbocycles. The fourth-order valence-corrected chi connectivity index (χ4v) is 4.32. The molecular formula is C17H25BrN2O2. The van der Waals surface area contributed by atoms with Gasteiger partial charge in [0.2, 0.25) is 0 Å². The average Bonchev–Trinajstić information content (AvgIpc) is 3.12. The monoisotopic (exact) mass is 368 g/mol. The van der Waals surface area contributed by atoms with Gasteiger partial charge < -0.3 is 14.8 Å². The van der Waals surface area contributed by atoms with Crippen LogP contribution in [-0.4, -0.2) is 44.8 Å². The third-order valence-corrected chi connectivity index (χ3v) is 5.42. The maximum absolute atomic E-state index is 5.67. The van der Waals surface area contributed by atoms with E-state index in [1.165, 1.54) is 44.6 Å². The van der Waals surface area contributed by atoms with Crippen molar-refractivity contribution in [3.63, 3.8) is 0 Å². The molecule has 1 aromatic carbocycles. The molecular weight excluding hydrogens is 344 g/mol. The number of halogens is 1. The number of hydrogen-bond acceptors (Lipinski definition) is 4. The zero-order valence-electron chi connectivity index (χ0n) is 13.5. The Labute approximate surface area is 141 Å². The van der Waals surface area contributed by atoms with E-state index in [-0.39, 0.29) is 0 Å². The van der Waals surface area contributed by atoms with Crippen LogP contribution in [0.15, 0.2) is 16.6 Å². The first-order valence-corrected chi connectivity index (χ1v) is 8.87. The van der Waals surface area contributed by atoms with Crippen LogP contribution in [0.25, 0.3) is 0 Å². The molecule has 0 saturated carbocycles. The Hall–Kier alpha value is -0.780. The van der Waals surface area contributed by atoms with Crippen molar-refractivity contribution in [2.45, 2.75) is 26.3 Å². The van der Waals surface area contributed by atoms with Gasteiger partial charge in [-0.25, -0.2) is 0 Å². The van der Waals surface area contributed by atoms with E-state index < -0.39 is 0 Å². The minimum atomic E-state index is 0.520. The first-order chi connectivity index (χ1) is 10.7. The molecule has 122 valence electrons. The van der Waals surface area contributed by atoms with E-state index >= 15 is 0 Å². The van der Waals surface area contributed by atoms with E-state index in [0.29, 0.717) is 12.0 Å². The molecule has 2 saturated heterocycles. The number of nitrogens with zero attached hydrogens (tertiary/aromatic N) is 1. The summed E-state index contributed by atoms with van der Waals surface area (Å²) in [5.41, 5.74) is 1.79. The Morgan fingerprint density at radius 2 is 2.23 bits per heavy atom. The molecule has 22 heavy (non-hydrogen) atoms. The molecule has 0 bridgehead atoms. The van der Waals surface area contributed by atoms with Gasteiger partial charge in [0.05, 0.1) is 18.2 Å².